The number of aromatic nitrogens is 3. The van der Waals surface area contributed by atoms with E-state index in [0.29, 0.717) is 28.0 Å². The molecule has 0 bridgehead atoms. The van der Waals surface area contributed by atoms with Crippen molar-refractivity contribution in [3.63, 3.8) is 0 Å². The summed E-state index contributed by atoms with van der Waals surface area (Å²) in [7, 11) is 0. The fourth-order valence-corrected chi connectivity index (χ4v) is 2.23. The van der Waals surface area contributed by atoms with E-state index >= 15 is 0 Å². The number of halogens is 1. The van der Waals surface area contributed by atoms with Crippen LogP contribution in [0.25, 0.3) is 22.3 Å². The van der Waals surface area contributed by atoms with Crippen LogP contribution in [0.4, 0.5) is 4.39 Å². The molecule has 3 aromatic rings. The number of aromatic amines is 1. The first kappa shape index (κ1) is 11.6. The van der Waals surface area contributed by atoms with Gasteiger partial charge in [0.15, 0.2) is 11.7 Å². The Balaban J connectivity index is 2.32. The average Bonchev–Trinajstić information content (AvgIpc) is 2.71. The van der Waals surface area contributed by atoms with Crippen LogP contribution < -0.4 is 0 Å². The maximum atomic E-state index is 13.9. The first-order chi connectivity index (χ1) is 9.08. The number of hydrogen-bond donors (Lipinski definition) is 2. The second-order valence-electron chi connectivity index (χ2n) is 4.46. The zero-order chi connectivity index (χ0) is 13.6. The van der Waals surface area contributed by atoms with Crippen LogP contribution in [0, 0.1) is 19.7 Å². The van der Waals surface area contributed by atoms with E-state index in [2.05, 4.69) is 15.0 Å². The van der Waals surface area contributed by atoms with Gasteiger partial charge in [0.05, 0.1) is 22.2 Å². The maximum absolute atomic E-state index is 13.9. The number of nitrogens with zero attached hydrogens (tertiary/aromatic N) is 2. The van der Waals surface area contributed by atoms with Crippen LogP contribution in [-0.2, 0) is 0 Å². The summed E-state index contributed by atoms with van der Waals surface area (Å²) in [6.07, 6.45) is 1.58. The number of hydrogen-bond acceptors (Lipinski definition) is 3. The molecule has 0 saturated heterocycles. The molecule has 3 rings (SSSR count). The third-order valence-corrected chi connectivity index (χ3v) is 3.15. The van der Waals surface area contributed by atoms with Crippen molar-refractivity contribution in [3.05, 3.63) is 41.5 Å². The Morgan fingerprint density at radius 3 is 2.74 bits per heavy atom. The Kier molecular flexibility index (Phi) is 2.48. The zero-order valence-corrected chi connectivity index (χ0v) is 10.5. The predicted octanol–water partition coefficient (Wildman–Crippen LogP) is 3.09. The molecule has 0 amide bonds. The van der Waals surface area contributed by atoms with Crippen molar-refractivity contribution < 1.29 is 9.50 Å². The van der Waals surface area contributed by atoms with Gasteiger partial charge >= 0.3 is 0 Å². The lowest BCUT2D eigenvalue weighted by atomic mass is 10.1. The lowest BCUT2D eigenvalue weighted by molar-refractivity contribution is 0.462. The van der Waals surface area contributed by atoms with Crippen LogP contribution in [0.2, 0.25) is 0 Å². The third kappa shape index (κ3) is 1.74. The highest BCUT2D eigenvalue weighted by molar-refractivity contribution is 5.87. The van der Waals surface area contributed by atoms with Crippen molar-refractivity contribution >= 4 is 10.9 Å². The molecule has 0 radical (unpaired) electrons. The van der Waals surface area contributed by atoms with Crippen LogP contribution in [-0.4, -0.2) is 20.1 Å². The summed E-state index contributed by atoms with van der Waals surface area (Å²) >= 11 is 0. The monoisotopic (exact) mass is 257 g/mol. The first-order valence-electron chi connectivity index (χ1n) is 5.88. The van der Waals surface area contributed by atoms with Gasteiger partial charge in [-0.2, -0.15) is 0 Å². The van der Waals surface area contributed by atoms with Gasteiger partial charge in [-0.05, 0) is 25.5 Å². The van der Waals surface area contributed by atoms with E-state index in [4.69, 9.17) is 0 Å². The highest BCUT2D eigenvalue weighted by Gasteiger charge is 2.15. The SMILES string of the molecule is Cc1cccc(F)c1-c1nc(C)c2c(O)[nH]cc2n1. The average molecular weight is 257 g/mol. The van der Waals surface area contributed by atoms with Crippen molar-refractivity contribution in [1.82, 2.24) is 15.0 Å². The minimum Gasteiger partial charge on any atom is -0.494 e. The Bertz CT molecular complexity index is 759. The summed E-state index contributed by atoms with van der Waals surface area (Å²) in [6.45, 7) is 3.58. The Labute approximate surface area is 109 Å². The van der Waals surface area contributed by atoms with Gasteiger partial charge in [-0.3, -0.25) is 0 Å². The van der Waals surface area contributed by atoms with E-state index in [-0.39, 0.29) is 11.7 Å². The van der Waals surface area contributed by atoms with E-state index in [1.54, 1.807) is 19.2 Å². The van der Waals surface area contributed by atoms with E-state index < -0.39 is 0 Å². The van der Waals surface area contributed by atoms with Gasteiger partial charge in [-0.25, -0.2) is 14.4 Å². The summed E-state index contributed by atoms with van der Waals surface area (Å²) in [5.74, 6) is 0.0161. The summed E-state index contributed by atoms with van der Waals surface area (Å²) in [6, 6.07) is 4.86. The van der Waals surface area contributed by atoms with Crippen molar-refractivity contribution in [1.29, 1.82) is 0 Å². The predicted molar refractivity (Wildman–Crippen MR) is 70.4 cm³/mol. The van der Waals surface area contributed by atoms with Crippen LogP contribution in [0.3, 0.4) is 0 Å². The zero-order valence-electron chi connectivity index (χ0n) is 10.5. The van der Waals surface area contributed by atoms with Gasteiger partial charge in [-0.1, -0.05) is 12.1 Å². The highest BCUT2D eigenvalue weighted by Crippen LogP contribution is 2.29. The molecule has 0 aliphatic rings. The Hall–Kier alpha value is -2.43. The van der Waals surface area contributed by atoms with Crippen molar-refractivity contribution in [2.75, 3.05) is 0 Å². The molecule has 0 spiro atoms. The molecule has 4 nitrogen and oxygen atoms in total. The first-order valence-corrected chi connectivity index (χ1v) is 5.88. The Morgan fingerprint density at radius 2 is 2.00 bits per heavy atom. The van der Waals surface area contributed by atoms with Crippen LogP contribution in [0.5, 0.6) is 5.88 Å². The lowest BCUT2D eigenvalue weighted by Crippen LogP contribution is -1.97. The summed E-state index contributed by atoms with van der Waals surface area (Å²) in [5, 5.41) is 10.2. The van der Waals surface area contributed by atoms with E-state index in [0.717, 1.165) is 5.56 Å². The van der Waals surface area contributed by atoms with Crippen LogP contribution >= 0.6 is 0 Å². The second-order valence-corrected chi connectivity index (χ2v) is 4.46. The summed E-state index contributed by atoms with van der Waals surface area (Å²) in [5.41, 5.74) is 2.36. The molecule has 0 saturated carbocycles. The second kappa shape index (κ2) is 4.05. The van der Waals surface area contributed by atoms with Gasteiger partial charge in [0.25, 0.3) is 0 Å². The topological polar surface area (TPSA) is 61.8 Å². The number of benzene rings is 1. The fourth-order valence-electron chi connectivity index (χ4n) is 2.23. The molecular formula is C14H12FN3O. The minimum absolute atomic E-state index is 0.0318. The number of aromatic hydroxyl groups is 1. The molecule has 0 aliphatic carbocycles. The van der Waals surface area contributed by atoms with Crippen molar-refractivity contribution in [2.24, 2.45) is 0 Å². The smallest absolute Gasteiger partial charge is 0.199 e. The molecule has 2 heterocycles. The minimum atomic E-state index is -0.349. The van der Waals surface area contributed by atoms with Crippen LogP contribution in [0.1, 0.15) is 11.3 Å². The van der Waals surface area contributed by atoms with Gasteiger partial charge in [0, 0.05) is 6.20 Å². The molecule has 0 aliphatic heterocycles. The van der Waals surface area contributed by atoms with E-state index in [9.17, 15) is 9.50 Å². The molecular weight excluding hydrogens is 245 g/mol. The van der Waals surface area contributed by atoms with Crippen molar-refractivity contribution in [3.8, 4) is 17.3 Å². The normalized spacial score (nSPS) is 11.1. The molecule has 0 unspecified atom stereocenters. The summed E-state index contributed by atoms with van der Waals surface area (Å²) < 4.78 is 13.9. The van der Waals surface area contributed by atoms with Gasteiger partial charge < -0.3 is 10.1 Å². The van der Waals surface area contributed by atoms with Gasteiger partial charge in [0.1, 0.15) is 5.82 Å². The molecule has 19 heavy (non-hydrogen) atoms. The third-order valence-electron chi connectivity index (χ3n) is 3.15. The molecule has 0 fully saturated rings. The lowest BCUT2D eigenvalue weighted by Gasteiger charge is -2.07. The van der Waals surface area contributed by atoms with Crippen LogP contribution in [0.15, 0.2) is 24.4 Å². The molecule has 2 N–H and O–H groups in total. The quantitative estimate of drug-likeness (QED) is 0.704. The molecule has 1 aromatic carbocycles. The van der Waals surface area contributed by atoms with E-state index in [1.165, 1.54) is 6.07 Å². The number of fused-ring (bicyclic) bond motifs is 1. The molecule has 5 heteroatoms. The molecule has 96 valence electrons. The number of rotatable bonds is 1. The Morgan fingerprint density at radius 1 is 1.21 bits per heavy atom. The van der Waals surface area contributed by atoms with E-state index in [1.807, 2.05) is 13.0 Å². The highest BCUT2D eigenvalue weighted by atomic mass is 19.1. The fraction of sp³-hybridized carbons (Fsp3) is 0.143. The van der Waals surface area contributed by atoms with Crippen molar-refractivity contribution in [2.45, 2.75) is 13.8 Å². The van der Waals surface area contributed by atoms with Gasteiger partial charge in [0.2, 0.25) is 0 Å². The molecule has 0 atom stereocenters. The van der Waals surface area contributed by atoms with Gasteiger partial charge in [-0.15, -0.1) is 0 Å². The molecule has 2 aromatic heterocycles. The number of nitrogens with one attached hydrogen (secondary N) is 1. The number of aryl methyl sites for hydroxylation is 2. The largest absolute Gasteiger partial charge is 0.494 e. The maximum Gasteiger partial charge on any atom is 0.199 e. The summed E-state index contributed by atoms with van der Waals surface area (Å²) in [4.78, 5) is 11.3. The standard InChI is InChI=1S/C14H12FN3O/c1-7-4-3-5-9(15)11(7)13-17-8(2)12-10(18-13)6-16-14(12)19/h3-6,16,19H,1-2H3. The number of H-pyrrole nitrogens is 1.